The van der Waals surface area contributed by atoms with Crippen molar-refractivity contribution in [3.8, 4) is 11.1 Å². The molecule has 1 aliphatic rings. The third-order valence-electron chi connectivity index (χ3n) is 8.67. The quantitative estimate of drug-likeness (QED) is 0.0923. The molecule has 1 heterocycles. The van der Waals surface area contributed by atoms with Crippen LogP contribution in [0.1, 0.15) is 53.3 Å². The second kappa shape index (κ2) is 18.7. The van der Waals surface area contributed by atoms with Gasteiger partial charge in [-0.3, -0.25) is 19.2 Å². The van der Waals surface area contributed by atoms with Crippen molar-refractivity contribution in [3.63, 3.8) is 0 Å². The van der Waals surface area contributed by atoms with E-state index in [1.54, 1.807) is 30.3 Å². The molecule has 284 valence electrons. The molecular weight excluding hydrogens is 714 g/mol. The minimum atomic E-state index is -2.98. The molecule has 0 radical (unpaired) electrons. The van der Waals surface area contributed by atoms with Crippen LogP contribution in [0.2, 0.25) is 5.02 Å². The van der Waals surface area contributed by atoms with E-state index in [0.29, 0.717) is 6.42 Å². The molecule has 1 saturated heterocycles. The summed E-state index contributed by atoms with van der Waals surface area (Å²) in [7, 11) is 0. The lowest BCUT2D eigenvalue weighted by atomic mass is 9.84. The summed E-state index contributed by atoms with van der Waals surface area (Å²) in [4.78, 5) is 62.7. The number of hydrogen-bond donors (Lipinski definition) is 8. The second-order valence-corrected chi connectivity index (χ2v) is 12.9. The van der Waals surface area contributed by atoms with Gasteiger partial charge in [-0.05, 0) is 48.2 Å². The number of hydrogen-bond acceptors (Lipinski definition) is 10. The minimum absolute atomic E-state index is 0.0159. The zero-order chi connectivity index (χ0) is 38.7. The minimum Gasteiger partial charge on any atom is -0.481 e. The fraction of sp³-hybridized carbons (Fsp3) is 0.378. The predicted octanol–water partition coefficient (Wildman–Crippen LogP) is 1.96. The Morgan fingerprint density at radius 1 is 0.830 bits per heavy atom. The molecular formula is C37H42ClN3O12. The average molecular weight is 756 g/mol. The molecule has 0 aliphatic carbocycles. The number of nitrogens with one attached hydrogen (secondary N) is 3. The third-order valence-corrected chi connectivity index (χ3v) is 9.00. The van der Waals surface area contributed by atoms with Gasteiger partial charge in [-0.1, -0.05) is 72.6 Å². The number of rotatable bonds is 17. The number of carbonyl (C=O) groups excluding carboxylic acids is 3. The topological polar surface area (TPSA) is 241 Å². The molecule has 0 bridgehead atoms. The van der Waals surface area contributed by atoms with E-state index in [2.05, 4.69) is 16.0 Å². The van der Waals surface area contributed by atoms with E-state index in [0.717, 1.165) is 18.1 Å². The number of ether oxygens (including phenoxy) is 2. The smallest absolute Gasteiger partial charge is 0.367 e. The highest BCUT2D eigenvalue weighted by molar-refractivity contribution is 6.33. The molecule has 53 heavy (non-hydrogen) atoms. The van der Waals surface area contributed by atoms with E-state index in [9.17, 15) is 44.4 Å². The maximum Gasteiger partial charge on any atom is 0.367 e. The maximum atomic E-state index is 13.4. The molecule has 3 aromatic carbocycles. The van der Waals surface area contributed by atoms with E-state index >= 15 is 0 Å². The van der Waals surface area contributed by atoms with Gasteiger partial charge in [-0.25, -0.2) is 4.79 Å². The van der Waals surface area contributed by atoms with E-state index in [4.69, 9.17) is 26.2 Å². The number of benzene rings is 3. The monoisotopic (exact) mass is 755 g/mol. The summed E-state index contributed by atoms with van der Waals surface area (Å²) in [5.41, 5.74) is 1.97. The van der Waals surface area contributed by atoms with Crippen LogP contribution in [0.25, 0.3) is 11.1 Å². The van der Waals surface area contributed by atoms with Crippen molar-refractivity contribution >= 4 is 41.3 Å². The molecule has 0 spiro atoms. The molecule has 3 amide bonds. The fourth-order valence-electron chi connectivity index (χ4n) is 5.93. The van der Waals surface area contributed by atoms with Crippen LogP contribution in [0.5, 0.6) is 0 Å². The zero-order valence-electron chi connectivity index (χ0n) is 28.7. The van der Waals surface area contributed by atoms with Crippen LogP contribution in [0.15, 0.2) is 78.9 Å². The van der Waals surface area contributed by atoms with Crippen LogP contribution in [0, 0.1) is 0 Å². The number of halogens is 1. The van der Waals surface area contributed by atoms with Crippen molar-refractivity contribution in [2.45, 2.75) is 74.9 Å². The molecule has 8 N–H and O–H groups in total. The number of aliphatic hydroxyl groups excluding tert-OH is 3. The zero-order valence-corrected chi connectivity index (χ0v) is 29.4. The largest absolute Gasteiger partial charge is 0.481 e. The number of aliphatic carboxylic acids is 2. The first-order chi connectivity index (χ1) is 25.2. The van der Waals surface area contributed by atoms with Crippen LogP contribution in [0.3, 0.4) is 0 Å². The van der Waals surface area contributed by atoms with Crippen molar-refractivity contribution in [1.29, 1.82) is 0 Å². The summed E-state index contributed by atoms with van der Waals surface area (Å²) < 4.78 is 11.4. The lowest BCUT2D eigenvalue weighted by Gasteiger charge is -2.50. The summed E-state index contributed by atoms with van der Waals surface area (Å²) in [6, 6.07) is 18.6. The van der Waals surface area contributed by atoms with Crippen LogP contribution in [0.4, 0.5) is 0 Å². The Hall–Kier alpha value is -4.90. The first-order valence-electron chi connectivity index (χ1n) is 16.8. The second-order valence-electron chi connectivity index (χ2n) is 12.5. The summed E-state index contributed by atoms with van der Waals surface area (Å²) in [6.45, 7) is 0.148. The van der Waals surface area contributed by atoms with Crippen molar-refractivity contribution in [1.82, 2.24) is 16.0 Å². The van der Waals surface area contributed by atoms with Crippen molar-refractivity contribution in [2.75, 3.05) is 13.2 Å². The van der Waals surface area contributed by atoms with Gasteiger partial charge in [0, 0.05) is 25.5 Å². The summed E-state index contributed by atoms with van der Waals surface area (Å²) in [6.07, 6.45) is -7.46. The van der Waals surface area contributed by atoms with Crippen molar-refractivity contribution in [2.24, 2.45) is 0 Å². The van der Waals surface area contributed by atoms with E-state index < -0.39 is 78.5 Å². The first kappa shape index (κ1) is 40.9. The Bertz CT molecular complexity index is 1740. The lowest BCUT2D eigenvalue weighted by Crippen LogP contribution is -2.77. The van der Waals surface area contributed by atoms with Crippen molar-refractivity contribution in [3.05, 3.63) is 95.0 Å². The van der Waals surface area contributed by atoms with Gasteiger partial charge in [0.25, 0.3) is 17.6 Å². The SMILES string of the molecule is CC(=O)N[C@@H]1[C@@H](NC(=O)c2ccccc2Cl)[C@H](O)[C@](OCCCCCC(=O)O)(C(=O)O)O[C@H]1[C@H](O)[C@H](O)CNC(=O)c1ccc(-c2ccccc2)cc1. The number of unbranched alkanes of at least 4 members (excludes halogenated alkanes) is 2. The van der Waals surface area contributed by atoms with E-state index in [1.807, 2.05) is 30.3 Å². The Labute approximate surface area is 309 Å². The number of carboxylic acids is 2. The molecule has 0 saturated carbocycles. The highest BCUT2D eigenvalue weighted by atomic mass is 35.5. The van der Waals surface area contributed by atoms with Gasteiger partial charge in [0.2, 0.25) is 5.91 Å². The van der Waals surface area contributed by atoms with E-state index in [-0.39, 0.29) is 42.0 Å². The summed E-state index contributed by atoms with van der Waals surface area (Å²) in [5.74, 6) is -8.09. The number of amides is 3. The molecule has 4 rings (SSSR count). The molecule has 0 unspecified atom stereocenters. The van der Waals surface area contributed by atoms with Crippen LogP contribution < -0.4 is 16.0 Å². The Balaban J connectivity index is 1.59. The van der Waals surface area contributed by atoms with Gasteiger partial charge in [0.15, 0.2) is 0 Å². The summed E-state index contributed by atoms with van der Waals surface area (Å²) >= 11 is 6.21. The Kier molecular flexibility index (Phi) is 14.4. The Morgan fingerprint density at radius 2 is 1.47 bits per heavy atom. The molecule has 15 nitrogen and oxygen atoms in total. The molecule has 7 atom stereocenters. The lowest BCUT2D eigenvalue weighted by molar-refractivity contribution is -0.333. The fourth-order valence-corrected chi connectivity index (χ4v) is 6.16. The van der Waals surface area contributed by atoms with Crippen LogP contribution >= 0.6 is 11.6 Å². The Morgan fingerprint density at radius 3 is 2.09 bits per heavy atom. The molecule has 0 aromatic heterocycles. The van der Waals surface area contributed by atoms with Crippen LogP contribution in [-0.2, 0) is 23.9 Å². The molecule has 1 fully saturated rings. The number of carboxylic acid groups (broad SMARTS) is 2. The van der Waals surface area contributed by atoms with Gasteiger partial charge in [0.1, 0.15) is 18.3 Å². The highest BCUT2D eigenvalue weighted by Crippen LogP contribution is 2.35. The van der Waals surface area contributed by atoms with Gasteiger partial charge in [-0.15, -0.1) is 0 Å². The van der Waals surface area contributed by atoms with Gasteiger partial charge in [-0.2, -0.15) is 0 Å². The van der Waals surface area contributed by atoms with Gasteiger partial charge >= 0.3 is 11.9 Å². The highest BCUT2D eigenvalue weighted by Gasteiger charge is 2.62. The third kappa shape index (κ3) is 10.4. The van der Waals surface area contributed by atoms with Gasteiger partial charge in [0.05, 0.1) is 35.4 Å². The van der Waals surface area contributed by atoms with Crippen LogP contribution in [-0.4, -0.2) is 111 Å². The normalized spacial score (nSPS) is 22.2. The molecule has 3 aromatic rings. The molecule has 16 heteroatoms. The average Bonchev–Trinajstić information content (AvgIpc) is 3.14. The van der Waals surface area contributed by atoms with E-state index in [1.165, 1.54) is 18.2 Å². The maximum absolute atomic E-state index is 13.4. The standard InChI is InChI=1S/C37H42ClN3O12/c1-21(42)40-29-30(41-35(49)25-12-7-8-13-26(25)38)33(47)37(36(50)51,52-19-9-3-6-14-28(44)45)53-32(29)31(46)27(43)20-39-34(48)24-17-15-23(16-18-24)22-10-4-2-5-11-22/h2,4-5,7-8,10-13,15-18,27,29-33,43,46-47H,3,6,9,14,19-20H2,1H3,(H,39,48)(H,40,42)(H,41,49)(H,44,45)(H,50,51)/t27-,29-,30-,31-,32-,33+,37-/m1/s1. The molecule has 1 aliphatic heterocycles. The summed E-state index contributed by atoms with van der Waals surface area (Å²) in [5, 5.41) is 61.0. The van der Waals surface area contributed by atoms with Crippen molar-refractivity contribution < 1.29 is 59.0 Å². The predicted molar refractivity (Wildman–Crippen MR) is 190 cm³/mol. The first-order valence-corrected chi connectivity index (χ1v) is 17.2. The van der Waals surface area contributed by atoms with Gasteiger partial charge < -0.3 is 51.0 Å². The number of aliphatic hydroxyl groups is 3. The number of carbonyl (C=O) groups is 5.